The van der Waals surface area contributed by atoms with Crippen LogP contribution in [0.2, 0.25) is 5.02 Å². The van der Waals surface area contributed by atoms with E-state index in [2.05, 4.69) is 20.6 Å². The highest BCUT2D eigenvalue weighted by molar-refractivity contribution is 6.32. The smallest absolute Gasteiger partial charge is 0.275 e. The van der Waals surface area contributed by atoms with E-state index in [9.17, 15) is 9.59 Å². The molecule has 2 N–H and O–H groups in total. The Balaban J connectivity index is 1.65. The van der Waals surface area contributed by atoms with E-state index in [1.54, 1.807) is 42.5 Å². The standard InChI is InChI=1S/C20H17ClN4O3/c1-12(26)13-3-5-14(6-4-13)24-19-11-22-17(10-23-19)20(27)25-15-7-8-18(28-2)16(21)9-15/h3-11H,1-2H3,(H,23,24)(H,25,27). The Labute approximate surface area is 166 Å². The van der Waals surface area contributed by atoms with Gasteiger partial charge in [-0.1, -0.05) is 11.6 Å². The number of aromatic nitrogens is 2. The summed E-state index contributed by atoms with van der Waals surface area (Å²) in [7, 11) is 1.52. The number of halogens is 1. The molecule has 1 aromatic heterocycles. The van der Waals surface area contributed by atoms with Crippen LogP contribution in [0.1, 0.15) is 27.8 Å². The molecule has 3 rings (SSSR count). The third kappa shape index (κ3) is 4.63. The molecule has 1 amide bonds. The molecule has 8 heteroatoms. The Bertz CT molecular complexity index is 1000. The Morgan fingerprint density at radius 1 is 1.00 bits per heavy atom. The van der Waals surface area contributed by atoms with Gasteiger partial charge in [0.25, 0.3) is 5.91 Å². The molecule has 0 saturated heterocycles. The molecule has 2 aromatic carbocycles. The molecule has 0 bridgehead atoms. The number of anilines is 3. The number of rotatable bonds is 6. The molecule has 0 aliphatic carbocycles. The number of hydrogen-bond donors (Lipinski definition) is 2. The van der Waals surface area contributed by atoms with Crippen LogP contribution in [0, 0.1) is 0 Å². The Morgan fingerprint density at radius 2 is 1.71 bits per heavy atom. The zero-order valence-corrected chi connectivity index (χ0v) is 15.9. The minimum Gasteiger partial charge on any atom is -0.495 e. The van der Waals surface area contributed by atoms with Crippen molar-refractivity contribution in [1.82, 2.24) is 9.97 Å². The molecule has 0 aliphatic rings. The number of nitrogens with zero attached hydrogens (tertiary/aromatic N) is 2. The normalized spacial score (nSPS) is 10.2. The van der Waals surface area contributed by atoms with Crippen LogP contribution < -0.4 is 15.4 Å². The Morgan fingerprint density at radius 3 is 2.29 bits per heavy atom. The van der Waals surface area contributed by atoms with E-state index in [0.717, 1.165) is 5.69 Å². The number of ketones is 1. The highest BCUT2D eigenvalue weighted by Gasteiger charge is 2.10. The summed E-state index contributed by atoms with van der Waals surface area (Å²) in [5, 5.41) is 6.15. The SMILES string of the molecule is COc1ccc(NC(=O)c2cnc(Nc3ccc(C(C)=O)cc3)cn2)cc1Cl. The van der Waals surface area contributed by atoms with Crippen molar-refractivity contribution in [3.05, 3.63) is 71.1 Å². The van der Waals surface area contributed by atoms with Crippen molar-refractivity contribution in [3.63, 3.8) is 0 Å². The zero-order chi connectivity index (χ0) is 20.1. The second-order valence-electron chi connectivity index (χ2n) is 5.85. The van der Waals surface area contributed by atoms with E-state index in [-0.39, 0.29) is 11.5 Å². The van der Waals surface area contributed by atoms with Gasteiger partial charge in [-0.2, -0.15) is 0 Å². The van der Waals surface area contributed by atoms with Crippen molar-refractivity contribution < 1.29 is 14.3 Å². The predicted octanol–water partition coefficient (Wildman–Crippen LogP) is 4.34. The molecular weight excluding hydrogens is 380 g/mol. The third-order valence-electron chi connectivity index (χ3n) is 3.86. The van der Waals surface area contributed by atoms with Crippen molar-refractivity contribution in [2.75, 3.05) is 17.7 Å². The fraction of sp³-hybridized carbons (Fsp3) is 0.100. The van der Waals surface area contributed by atoms with Crippen LogP contribution in [-0.4, -0.2) is 28.8 Å². The average Bonchev–Trinajstić information content (AvgIpc) is 2.69. The maximum Gasteiger partial charge on any atom is 0.275 e. The number of methoxy groups -OCH3 is 1. The number of Topliss-reactive ketones (excluding diaryl/α,β-unsaturated/α-hetero) is 1. The van der Waals surface area contributed by atoms with Gasteiger partial charge in [0.15, 0.2) is 5.78 Å². The van der Waals surface area contributed by atoms with E-state index >= 15 is 0 Å². The third-order valence-corrected chi connectivity index (χ3v) is 4.15. The fourth-order valence-electron chi connectivity index (χ4n) is 2.39. The van der Waals surface area contributed by atoms with Crippen molar-refractivity contribution in [1.29, 1.82) is 0 Å². The van der Waals surface area contributed by atoms with Crippen molar-refractivity contribution in [2.45, 2.75) is 6.92 Å². The van der Waals surface area contributed by atoms with Crippen LogP contribution in [0.15, 0.2) is 54.9 Å². The first-order chi connectivity index (χ1) is 13.5. The molecule has 1 heterocycles. The first-order valence-corrected chi connectivity index (χ1v) is 8.69. The predicted molar refractivity (Wildman–Crippen MR) is 108 cm³/mol. The lowest BCUT2D eigenvalue weighted by molar-refractivity contribution is 0.101. The van der Waals surface area contributed by atoms with Crippen molar-refractivity contribution >= 4 is 40.5 Å². The van der Waals surface area contributed by atoms with Gasteiger partial charge in [0.2, 0.25) is 0 Å². The highest BCUT2D eigenvalue weighted by atomic mass is 35.5. The summed E-state index contributed by atoms with van der Waals surface area (Å²) >= 11 is 6.05. The van der Waals surface area contributed by atoms with Crippen LogP contribution in [0.4, 0.5) is 17.2 Å². The summed E-state index contributed by atoms with van der Waals surface area (Å²) in [5.41, 5.74) is 2.06. The van der Waals surface area contributed by atoms with Gasteiger partial charge in [-0.25, -0.2) is 9.97 Å². The summed E-state index contributed by atoms with van der Waals surface area (Å²) in [6, 6.07) is 11.9. The van der Waals surface area contributed by atoms with E-state index in [0.29, 0.717) is 27.8 Å². The van der Waals surface area contributed by atoms with E-state index in [1.165, 1.54) is 26.4 Å². The number of carbonyl (C=O) groups is 2. The maximum atomic E-state index is 12.3. The molecule has 0 fully saturated rings. The van der Waals surface area contributed by atoms with Crippen LogP contribution in [0.3, 0.4) is 0 Å². The topological polar surface area (TPSA) is 93.2 Å². The average molecular weight is 397 g/mol. The molecule has 7 nitrogen and oxygen atoms in total. The lowest BCUT2D eigenvalue weighted by Gasteiger charge is -2.09. The maximum absolute atomic E-state index is 12.3. The first-order valence-electron chi connectivity index (χ1n) is 8.31. The number of nitrogens with one attached hydrogen (secondary N) is 2. The molecular formula is C20H17ClN4O3. The summed E-state index contributed by atoms with van der Waals surface area (Å²) in [6.07, 6.45) is 2.82. The van der Waals surface area contributed by atoms with E-state index < -0.39 is 5.91 Å². The Kier molecular flexibility index (Phi) is 5.86. The van der Waals surface area contributed by atoms with E-state index in [4.69, 9.17) is 16.3 Å². The lowest BCUT2D eigenvalue weighted by Crippen LogP contribution is -2.14. The largest absolute Gasteiger partial charge is 0.495 e. The number of ether oxygens (including phenoxy) is 1. The number of carbonyl (C=O) groups excluding carboxylic acids is 2. The van der Waals surface area contributed by atoms with Gasteiger partial charge in [-0.15, -0.1) is 0 Å². The number of amides is 1. The van der Waals surface area contributed by atoms with Crippen LogP contribution >= 0.6 is 11.6 Å². The second-order valence-corrected chi connectivity index (χ2v) is 6.26. The van der Waals surface area contributed by atoms with Gasteiger partial charge >= 0.3 is 0 Å². The van der Waals surface area contributed by atoms with E-state index in [1.807, 2.05) is 0 Å². The van der Waals surface area contributed by atoms with Gasteiger partial charge < -0.3 is 15.4 Å². The second kappa shape index (κ2) is 8.49. The summed E-state index contributed by atoms with van der Waals surface area (Å²) in [5.74, 6) is 0.580. The highest BCUT2D eigenvalue weighted by Crippen LogP contribution is 2.27. The van der Waals surface area contributed by atoms with Gasteiger partial charge in [0, 0.05) is 16.9 Å². The monoisotopic (exact) mass is 396 g/mol. The quantitative estimate of drug-likeness (QED) is 0.602. The molecule has 142 valence electrons. The van der Waals surface area contributed by atoms with Gasteiger partial charge in [0.05, 0.1) is 24.5 Å². The van der Waals surface area contributed by atoms with Gasteiger partial charge in [0.1, 0.15) is 17.3 Å². The molecule has 3 aromatic rings. The molecule has 0 saturated carbocycles. The number of benzene rings is 2. The van der Waals surface area contributed by atoms with Gasteiger partial charge in [-0.3, -0.25) is 9.59 Å². The Hall–Kier alpha value is -3.45. The van der Waals surface area contributed by atoms with Crippen LogP contribution in [-0.2, 0) is 0 Å². The summed E-state index contributed by atoms with van der Waals surface area (Å²) in [4.78, 5) is 31.9. The molecule has 0 atom stereocenters. The summed E-state index contributed by atoms with van der Waals surface area (Å²) < 4.78 is 5.08. The summed E-state index contributed by atoms with van der Waals surface area (Å²) in [6.45, 7) is 1.51. The minimum atomic E-state index is -0.411. The van der Waals surface area contributed by atoms with Crippen molar-refractivity contribution in [2.24, 2.45) is 0 Å². The van der Waals surface area contributed by atoms with Crippen LogP contribution in [0.5, 0.6) is 5.75 Å². The fourth-order valence-corrected chi connectivity index (χ4v) is 2.64. The molecule has 28 heavy (non-hydrogen) atoms. The minimum absolute atomic E-state index is 0.000135. The zero-order valence-electron chi connectivity index (χ0n) is 15.2. The first kappa shape index (κ1) is 19.3. The molecule has 0 aliphatic heterocycles. The van der Waals surface area contributed by atoms with Gasteiger partial charge in [-0.05, 0) is 49.4 Å². The number of hydrogen-bond acceptors (Lipinski definition) is 6. The van der Waals surface area contributed by atoms with Crippen LogP contribution in [0.25, 0.3) is 0 Å². The molecule has 0 spiro atoms. The molecule has 0 radical (unpaired) electrons. The van der Waals surface area contributed by atoms with Crippen molar-refractivity contribution in [3.8, 4) is 5.75 Å². The lowest BCUT2D eigenvalue weighted by atomic mass is 10.1. The molecule has 0 unspecified atom stereocenters.